The zero-order chi connectivity index (χ0) is 14.6. The number of benzene rings is 1. The Bertz CT molecular complexity index is 634. The minimum Gasteiger partial charge on any atom is -0.382 e. The molecule has 1 N–H and O–H groups in total. The quantitative estimate of drug-likeness (QED) is 0.881. The molecule has 108 valence electrons. The Morgan fingerprint density at radius 3 is 2.55 bits per heavy atom. The highest BCUT2D eigenvalue weighted by Crippen LogP contribution is 2.12. The molecule has 0 spiro atoms. The van der Waals surface area contributed by atoms with Crippen LogP contribution in [-0.4, -0.2) is 36.2 Å². The summed E-state index contributed by atoms with van der Waals surface area (Å²) >= 11 is 0. The van der Waals surface area contributed by atoms with Gasteiger partial charge in [0.1, 0.15) is 9.84 Å². The molecule has 1 aromatic heterocycles. The van der Waals surface area contributed by atoms with Crippen LogP contribution in [0.5, 0.6) is 0 Å². The van der Waals surface area contributed by atoms with Crippen LogP contribution in [-0.2, 0) is 16.4 Å². The van der Waals surface area contributed by atoms with Gasteiger partial charge in [-0.15, -0.1) is 0 Å². The van der Waals surface area contributed by atoms with Crippen LogP contribution >= 0.6 is 0 Å². The van der Waals surface area contributed by atoms with Gasteiger partial charge in [0.2, 0.25) is 0 Å². The number of sulfone groups is 1. The summed E-state index contributed by atoms with van der Waals surface area (Å²) in [6.45, 7) is 2.59. The van der Waals surface area contributed by atoms with Crippen molar-refractivity contribution >= 4 is 15.5 Å². The molecule has 0 amide bonds. The summed E-state index contributed by atoms with van der Waals surface area (Å²) in [5.41, 5.74) is 2.07. The van der Waals surface area contributed by atoms with Crippen molar-refractivity contribution in [3.8, 4) is 0 Å². The highest BCUT2D eigenvalue weighted by molar-refractivity contribution is 7.90. The number of aromatic nitrogens is 2. The van der Waals surface area contributed by atoms with E-state index < -0.39 is 9.84 Å². The van der Waals surface area contributed by atoms with Gasteiger partial charge in [-0.2, -0.15) is 5.10 Å². The summed E-state index contributed by atoms with van der Waals surface area (Å²) < 4.78 is 24.3. The van der Waals surface area contributed by atoms with E-state index in [1.54, 1.807) is 6.20 Å². The van der Waals surface area contributed by atoms with E-state index in [-0.39, 0.29) is 11.8 Å². The second-order valence-corrected chi connectivity index (χ2v) is 7.22. The van der Waals surface area contributed by atoms with Crippen molar-refractivity contribution in [2.45, 2.75) is 19.5 Å². The minimum atomic E-state index is -2.96. The lowest BCUT2D eigenvalue weighted by atomic mass is 10.2. The first-order chi connectivity index (χ1) is 9.42. The number of hydrogen-bond acceptors (Lipinski definition) is 4. The molecule has 0 aliphatic heterocycles. The first-order valence-electron chi connectivity index (χ1n) is 6.43. The van der Waals surface area contributed by atoms with Crippen LogP contribution < -0.4 is 5.32 Å². The van der Waals surface area contributed by atoms with E-state index in [0.29, 0.717) is 0 Å². The van der Waals surface area contributed by atoms with Crippen molar-refractivity contribution in [3.05, 3.63) is 48.3 Å². The fourth-order valence-electron chi connectivity index (χ4n) is 2.07. The van der Waals surface area contributed by atoms with Gasteiger partial charge in [-0.1, -0.05) is 12.1 Å². The van der Waals surface area contributed by atoms with Crippen LogP contribution in [0.3, 0.4) is 0 Å². The molecule has 1 heterocycles. The number of nitrogens with zero attached hydrogens (tertiary/aromatic N) is 2. The largest absolute Gasteiger partial charge is 0.382 e. The number of nitrogens with one attached hydrogen (secondary N) is 1. The third-order valence-electron chi connectivity index (χ3n) is 2.82. The predicted octanol–water partition coefficient (Wildman–Crippen LogP) is 1.78. The van der Waals surface area contributed by atoms with Gasteiger partial charge in [0.15, 0.2) is 0 Å². The Kier molecular flexibility index (Phi) is 4.44. The third-order valence-corrected chi connectivity index (χ3v) is 3.93. The summed E-state index contributed by atoms with van der Waals surface area (Å²) in [5.74, 6) is 0.127. The first kappa shape index (κ1) is 14.6. The van der Waals surface area contributed by atoms with E-state index >= 15 is 0 Å². The molecular weight excluding hydrogens is 274 g/mol. The molecule has 20 heavy (non-hydrogen) atoms. The Balaban J connectivity index is 1.94. The standard InChI is InChI=1S/C14H19N3O2S/c1-12(11-20(2,18)19)16-14-6-4-13(5-7-14)10-17-9-3-8-15-17/h3-9,12,16H,10-11H2,1-2H3. The van der Waals surface area contributed by atoms with Crippen molar-refractivity contribution < 1.29 is 8.42 Å². The summed E-state index contributed by atoms with van der Waals surface area (Å²) in [6, 6.07) is 9.72. The highest BCUT2D eigenvalue weighted by atomic mass is 32.2. The smallest absolute Gasteiger partial charge is 0.149 e. The van der Waals surface area contributed by atoms with Crippen molar-refractivity contribution in [2.24, 2.45) is 0 Å². The molecule has 0 saturated heterocycles. The normalized spacial score (nSPS) is 13.1. The monoisotopic (exact) mass is 293 g/mol. The molecule has 1 atom stereocenters. The molecule has 0 aliphatic rings. The van der Waals surface area contributed by atoms with Gasteiger partial charge in [0.05, 0.1) is 12.3 Å². The maximum absolute atomic E-state index is 11.2. The fraction of sp³-hybridized carbons (Fsp3) is 0.357. The van der Waals surface area contributed by atoms with E-state index in [4.69, 9.17) is 0 Å². The van der Waals surface area contributed by atoms with Crippen molar-refractivity contribution in [1.82, 2.24) is 9.78 Å². The van der Waals surface area contributed by atoms with Gasteiger partial charge in [-0.3, -0.25) is 4.68 Å². The van der Waals surface area contributed by atoms with Crippen molar-refractivity contribution in [1.29, 1.82) is 0 Å². The Hall–Kier alpha value is -1.82. The molecule has 0 aliphatic carbocycles. The van der Waals surface area contributed by atoms with E-state index in [1.165, 1.54) is 6.26 Å². The minimum absolute atomic E-state index is 0.109. The van der Waals surface area contributed by atoms with E-state index in [2.05, 4.69) is 10.4 Å². The van der Waals surface area contributed by atoms with E-state index in [1.807, 2.05) is 48.1 Å². The maximum Gasteiger partial charge on any atom is 0.149 e. The lowest BCUT2D eigenvalue weighted by Gasteiger charge is -2.14. The number of rotatable bonds is 6. The lowest BCUT2D eigenvalue weighted by Crippen LogP contribution is -2.24. The summed E-state index contributed by atoms with van der Waals surface area (Å²) in [4.78, 5) is 0. The lowest BCUT2D eigenvalue weighted by molar-refractivity contribution is 0.598. The summed E-state index contributed by atoms with van der Waals surface area (Å²) in [7, 11) is -2.96. The van der Waals surface area contributed by atoms with E-state index in [9.17, 15) is 8.42 Å². The number of hydrogen-bond donors (Lipinski definition) is 1. The van der Waals surface area contributed by atoms with Gasteiger partial charge in [-0.05, 0) is 30.7 Å². The average Bonchev–Trinajstić information content (AvgIpc) is 2.82. The van der Waals surface area contributed by atoms with Gasteiger partial charge < -0.3 is 5.32 Å². The summed E-state index contributed by atoms with van der Waals surface area (Å²) in [6.07, 6.45) is 4.92. The molecule has 6 heteroatoms. The molecule has 1 aromatic carbocycles. The maximum atomic E-state index is 11.2. The molecular formula is C14H19N3O2S. The van der Waals surface area contributed by atoms with Crippen LogP contribution in [0.1, 0.15) is 12.5 Å². The van der Waals surface area contributed by atoms with Gasteiger partial charge in [0.25, 0.3) is 0 Å². The molecule has 2 aromatic rings. The highest BCUT2D eigenvalue weighted by Gasteiger charge is 2.10. The van der Waals surface area contributed by atoms with Crippen LogP contribution in [0.25, 0.3) is 0 Å². The van der Waals surface area contributed by atoms with E-state index in [0.717, 1.165) is 17.8 Å². The molecule has 0 radical (unpaired) electrons. The summed E-state index contributed by atoms with van der Waals surface area (Å²) in [5, 5.41) is 7.34. The zero-order valence-corrected chi connectivity index (χ0v) is 12.5. The number of anilines is 1. The van der Waals surface area contributed by atoms with Crippen LogP contribution in [0.4, 0.5) is 5.69 Å². The molecule has 1 unspecified atom stereocenters. The van der Waals surface area contributed by atoms with Crippen LogP contribution in [0.15, 0.2) is 42.7 Å². The molecule has 0 bridgehead atoms. The molecule has 2 rings (SSSR count). The predicted molar refractivity (Wildman–Crippen MR) is 80.6 cm³/mol. The molecule has 0 saturated carbocycles. The first-order valence-corrected chi connectivity index (χ1v) is 8.49. The Morgan fingerprint density at radius 2 is 2.00 bits per heavy atom. The zero-order valence-electron chi connectivity index (χ0n) is 11.7. The third kappa shape index (κ3) is 4.70. The second kappa shape index (κ2) is 6.09. The van der Waals surface area contributed by atoms with Gasteiger partial charge >= 0.3 is 0 Å². The second-order valence-electron chi connectivity index (χ2n) is 5.04. The van der Waals surface area contributed by atoms with Gasteiger partial charge in [0, 0.05) is 30.4 Å². The van der Waals surface area contributed by atoms with Crippen LogP contribution in [0.2, 0.25) is 0 Å². The van der Waals surface area contributed by atoms with Gasteiger partial charge in [-0.25, -0.2) is 8.42 Å². The molecule has 0 fully saturated rings. The van der Waals surface area contributed by atoms with Crippen molar-refractivity contribution in [2.75, 3.05) is 17.3 Å². The molecule has 5 nitrogen and oxygen atoms in total. The fourth-order valence-corrected chi connectivity index (χ4v) is 3.06. The van der Waals surface area contributed by atoms with Crippen molar-refractivity contribution in [3.63, 3.8) is 0 Å². The topological polar surface area (TPSA) is 64.0 Å². The Labute approximate surface area is 119 Å². The SMILES string of the molecule is CC(CS(C)(=O)=O)Nc1ccc(Cn2cccn2)cc1. The average molecular weight is 293 g/mol. The Morgan fingerprint density at radius 1 is 1.30 bits per heavy atom. The van der Waals surface area contributed by atoms with Crippen LogP contribution in [0, 0.1) is 0 Å².